The fourth-order valence-electron chi connectivity index (χ4n) is 4.85. The predicted molar refractivity (Wildman–Crippen MR) is 113 cm³/mol. The van der Waals surface area contributed by atoms with Gasteiger partial charge in [-0.3, -0.25) is 0 Å². The van der Waals surface area contributed by atoms with E-state index in [2.05, 4.69) is 15.0 Å². The van der Waals surface area contributed by atoms with Gasteiger partial charge in [-0.15, -0.1) is 0 Å². The second-order valence-electron chi connectivity index (χ2n) is 8.48. The predicted octanol–water partition coefficient (Wildman–Crippen LogP) is 2.85. The number of aliphatic hydroxyl groups excluding tert-OH is 2. The van der Waals surface area contributed by atoms with E-state index in [1.807, 2.05) is 29.8 Å². The van der Waals surface area contributed by atoms with Crippen LogP contribution in [-0.4, -0.2) is 51.2 Å². The van der Waals surface area contributed by atoms with E-state index in [1.165, 1.54) is 0 Å². The van der Waals surface area contributed by atoms with Gasteiger partial charge >= 0.3 is 6.61 Å². The highest BCUT2D eigenvalue weighted by molar-refractivity contribution is 5.79. The van der Waals surface area contributed by atoms with Gasteiger partial charge in [0.2, 0.25) is 0 Å². The lowest BCUT2D eigenvalue weighted by molar-refractivity contribution is -0.0526. The van der Waals surface area contributed by atoms with E-state index in [0.717, 1.165) is 17.0 Å². The lowest BCUT2D eigenvalue weighted by Crippen LogP contribution is -2.35. The molecule has 1 aliphatic heterocycles. The van der Waals surface area contributed by atoms with Gasteiger partial charge in [-0.1, -0.05) is 0 Å². The van der Waals surface area contributed by atoms with Gasteiger partial charge in [-0.2, -0.15) is 8.78 Å². The number of aromatic nitrogens is 2. The highest BCUT2D eigenvalue weighted by Crippen LogP contribution is 2.40. The Morgan fingerprint density at radius 3 is 2.79 bits per heavy atom. The number of rotatable bonds is 5. The summed E-state index contributed by atoms with van der Waals surface area (Å²) < 4.78 is 52.6. The molecule has 0 radical (unpaired) electrons. The molecular formula is C23H24F3N3O4. The fraction of sp³-hybridized carbons (Fsp3) is 0.435. The second kappa shape index (κ2) is 8.51. The van der Waals surface area contributed by atoms with Crippen LogP contribution in [0.15, 0.2) is 30.6 Å². The highest BCUT2D eigenvalue weighted by atomic mass is 19.3. The third-order valence-corrected chi connectivity index (χ3v) is 6.54. The van der Waals surface area contributed by atoms with Crippen molar-refractivity contribution in [3.63, 3.8) is 0 Å². The van der Waals surface area contributed by atoms with Crippen molar-refractivity contribution in [3.05, 3.63) is 53.1 Å². The zero-order chi connectivity index (χ0) is 23.3. The first kappa shape index (κ1) is 22.0. The van der Waals surface area contributed by atoms with E-state index in [0.29, 0.717) is 17.8 Å². The number of aryl methyl sites for hydroxylation is 1. The maximum atomic E-state index is 14.7. The summed E-state index contributed by atoms with van der Waals surface area (Å²) in [5.74, 6) is -1.27. The topological polar surface area (TPSA) is 88.8 Å². The van der Waals surface area contributed by atoms with E-state index < -0.39 is 42.5 Å². The number of halogens is 3. The average Bonchev–Trinajstić information content (AvgIpc) is 3.34. The molecule has 0 amide bonds. The third kappa shape index (κ3) is 3.81. The molecule has 4 atom stereocenters. The van der Waals surface area contributed by atoms with Crippen molar-refractivity contribution in [2.75, 3.05) is 6.54 Å². The molecule has 3 aromatic rings. The molecule has 3 heterocycles. The minimum atomic E-state index is -3.19. The first-order valence-electron chi connectivity index (χ1n) is 10.8. The molecule has 1 aromatic carbocycles. The fourth-order valence-corrected chi connectivity index (χ4v) is 4.85. The van der Waals surface area contributed by atoms with Crippen LogP contribution < -0.4 is 14.8 Å². The number of hydrogen-bond acceptors (Lipinski definition) is 6. The third-order valence-electron chi connectivity index (χ3n) is 6.54. The molecule has 5 rings (SSSR count). The van der Waals surface area contributed by atoms with Crippen LogP contribution in [0.1, 0.15) is 29.2 Å². The lowest BCUT2D eigenvalue weighted by Gasteiger charge is -2.26. The second-order valence-corrected chi connectivity index (χ2v) is 8.48. The van der Waals surface area contributed by atoms with Gasteiger partial charge in [0.05, 0.1) is 6.04 Å². The standard InChI is InChI=1S/C23H24F3N3O4/c1-11-2-6-28-22-12(11)4-7-29(22)15-8-18(21(31)20(15)30)32-16-9-17(33-23(25)26)19(24)13-3-5-27-10-14(13)16/h2,4,6-7,9,15,18,20-21,23,27,30-31H,3,5,8,10H2,1H3. The Kier molecular flexibility index (Phi) is 5.67. The van der Waals surface area contributed by atoms with Gasteiger partial charge < -0.3 is 29.6 Å². The van der Waals surface area contributed by atoms with Crippen molar-refractivity contribution < 1.29 is 32.9 Å². The van der Waals surface area contributed by atoms with Crippen LogP contribution in [-0.2, 0) is 13.0 Å². The monoisotopic (exact) mass is 463 g/mol. The summed E-state index contributed by atoms with van der Waals surface area (Å²) in [7, 11) is 0. The SMILES string of the molecule is Cc1ccnc2c1ccn2C1CC(Oc2cc(OC(F)F)c(F)c3c2CNCC3)C(O)C1O. The number of pyridine rings is 1. The van der Waals surface area contributed by atoms with Crippen molar-refractivity contribution in [2.45, 2.75) is 57.3 Å². The van der Waals surface area contributed by atoms with Crippen LogP contribution in [0, 0.1) is 12.7 Å². The quantitative estimate of drug-likeness (QED) is 0.540. The maximum Gasteiger partial charge on any atom is 0.387 e. The van der Waals surface area contributed by atoms with Crippen molar-refractivity contribution in [1.29, 1.82) is 0 Å². The summed E-state index contributed by atoms with van der Waals surface area (Å²) in [6.07, 6.45) is 0.799. The lowest BCUT2D eigenvalue weighted by atomic mass is 9.98. The summed E-state index contributed by atoms with van der Waals surface area (Å²) in [6.45, 7) is -0.447. The highest BCUT2D eigenvalue weighted by Gasteiger charge is 2.45. The van der Waals surface area contributed by atoms with Crippen LogP contribution >= 0.6 is 0 Å². The van der Waals surface area contributed by atoms with Gasteiger partial charge in [0, 0.05) is 47.9 Å². The molecule has 4 unspecified atom stereocenters. The number of aliphatic hydroxyl groups is 2. The van der Waals surface area contributed by atoms with E-state index in [9.17, 15) is 23.4 Å². The Labute approximate surface area is 187 Å². The molecule has 1 fully saturated rings. The summed E-state index contributed by atoms with van der Waals surface area (Å²) in [5, 5.41) is 25.6. The number of nitrogens with zero attached hydrogens (tertiary/aromatic N) is 2. The number of alkyl halides is 2. The van der Waals surface area contributed by atoms with Crippen molar-refractivity contribution in [3.8, 4) is 11.5 Å². The van der Waals surface area contributed by atoms with E-state index in [1.54, 1.807) is 6.20 Å². The molecular weight excluding hydrogens is 439 g/mol. The Bertz CT molecular complexity index is 1190. The largest absolute Gasteiger partial charge is 0.487 e. The molecule has 1 aliphatic carbocycles. The molecule has 33 heavy (non-hydrogen) atoms. The molecule has 7 nitrogen and oxygen atoms in total. The number of hydrogen-bond donors (Lipinski definition) is 3. The molecule has 0 bridgehead atoms. The van der Waals surface area contributed by atoms with Gasteiger partial charge in [0.1, 0.15) is 29.7 Å². The smallest absolute Gasteiger partial charge is 0.387 e. The number of ether oxygens (including phenoxy) is 2. The molecule has 3 N–H and O–H groups in total. The summed E-state index contributed by atoms with van der Waals surface area (Å²) >= 11 is 0. The van der Waals surface area contributed by atoms with Gasteiger partial charge in [0.15, 0.2) is 11.6 Å². The first-order chi connectivity index (χ1) is 15.8. The van der Waals surface area contributed by atoms with Crippen LogP contribution in [0.5, 0.6) is 11.5 Å². The molecule has 176 valence electrons. The number of fused-ring (bicyclic) bond motifs is 2. The molecule has 1 saturated carbocycles. The Balaban J connectivity index is 1.46. The normalized spacial score (nSPS) is 24.9. The summed E-state index contributed by atoms with van der Waals surface area (Å²) in [5.41, 5.74) is 2.47. The Morgan fingerprint density at radius 2 is 2.00 bits per heavy atom. The van der Waals surface area contributed by atoms with Gasteiger partial charge in [-0.05, 0) is 37.6 Å². The first-order valence-corrected chi connectivity index (χ1v) is 10.8. The Hall–Kier alpha value is -2.82. The summed E-state index contributed by atoms with van der Waals surface area (Å²) in [4.78, 5) is 4.41. The van der Waals surface area contributed by atoms with E-state index in [4.69, 9.17) is 4.74 Å². The van der Waals surface area contributed by atoms with Crippen molar-refractivity contribution in [2.24, 2.45) is 0 Å². The van der Waals surface area contributed by atoms with Crippen LogP contribution in [0.3, 0.4) is 0 Å². The van der Waals surface area contributed by atoms with Crippen molar-refractivity contribution >= 4 is 11.0 Å². The average molecular weight is 463 g/mol. The Morgan fingerprint density at radius 1 is 1.18 bits per heavy atom. The number of benzene rings is 1. The van der Waals surface area contributed by atoms with Crippen LogP contribution in [0.2, 0.25) is 0 Å². The van der Waals surface area contributed by atoms with E-state index in [-0.39, 0.29) is 30.7 Å². The molecule has 2 aromatic heterocycles. The number of nitrogens with one attached hydrogen (secondary N) is 1. The van der Waals surface area contributed by atoms with Gasteiger partial charge in [-0.25, -0.2) is 9.37 Å². The van der Waals surface area contributed by atoms with Gasteiger partial charge in [0.25, 0.3) is 0 Å². The zero-order valence-electron chi connectivity index (χ0n) is 17.8. The van der Waals surface area contributed by atoms with Crippen LogP contribution in [0.4, 0.5) is 13.2 Å². The summed E-state index contributed by atoms with van der Waals surface area (Å²) in [6, 6.07) is 4.38. The molecule has 0 saturated heterocycles. The van der Waals surface area contributed by atoms with Crippen molar-refractivity contribution in [1.82, 2.24) is 14.9 Å². The van der Waals surface area contributed by atoms with Crippen LogP contribution in [0.25, 0.3) is 11.0 Å². The minimum absolute atomic E-state index is 0.150. The molecule has 2 aliphatic rings. The van der Waals surface area contributed by atoms with E-state index >= 15 is 0 Å². The minimum Gasteiger partial charge on any atom is -0.487 e. The maximum absolute atomic E-state index is 14.7. The molecule has 0 spiro atoms. The molecule has 10 heteroatoms. The zero-order valence-corrected chi connectivity index (χ0v) is 17.8.